The Morgan fingerprint density at radius 3 is 1.37 bits per heavy atom. The molecular formula is C83H98BN3. The number of aryl methyl sites for hydroxylation is 1. The minimum Gasteiger partial charge on any atom is -0.311 e. The van der Waals surface area contributed by atoms with Crippen LogP contribution in [-0.4, -0.2) is 6.71 Å². The molecule has 0 N–H and O–H groups in total. The van der Waals surface area contributed by atoms with Crippen molar-refractivity contribution in [1.29, 1.82) is 0 Å². The third kappa shape index (κ3) is 9.23. The number of anilines is 9. The molecule has 0 amide bonds. The molecule has 3 aliphatic carbocycles. The summed E-state index contributed by atoms with van der Waals surface area (Å²) in [5.74, 6) is 0. The number of hydrogen-bond donors (Lipinski definition) is 0. The van der Waals surface area contributed by atoms with E-state index in [4.69, 9.17) is 0 Å². The Balaban J connectivity index is 1.16. The summed E-state index contributed by atoms with van der Waals surface area (Å²) >= 11 is 0. The summed E-state index contributed by atoms with van der Waals surface area (Å²) in [5, 5.41) is 0. The molecule has 4 heteroatoms. The zero-order chi connectivity index (χ0) is 62.6. The van der Waals surface area contributed by atoms with Gasteiger partial charge in [-0.15, -0.1) is 0 Å². The maximum atomic E-state index is 2.78. The minimum absolute atomic E-state index is 0.00332. The SMILES string of the molecule is Cc1cc2c(cc1N1c3cc4c(cc3B3c5ccc(N(c6ccc(C(C)(C)C)cc6)c6ccc(C(C)(C)C)cc6)cc5N(c5cccc6c5C(C)(C)c5cc(C(C)(C)C)ccc5-6)c5cc(C(C)(C)C)cc1c53)C(C)(C)CC4(C)C)C(C)(C)CCC2(C)C. The summed E-state index contributed by atoms with van der Waals surface area (Å²) in [4.78, 5) is 8.06. The Morgan fingerprint density at radius 2 is 0.828 bits per heavy atom. The smallest absolute Gasteiger partial charge is 0.252 e. The van der Waals surface area contributed by atoms with E-state index in [1.807, 2.05) is 0 Å². The number of fused-ring (bicyclic) bond motifs is 9. The van der Waals surface area contributed by atoms with E-state index >= 15 is 0 Å². The third-order valence-corrected chi connectivity index (χ3v) is 21.8. The van der Waals surface area contributed by atoms with Gasteiger partial charge >= 0.3 is 0 Å². The minimum atomic E-state index is -0.313. The molecule has 0 radical (unpaired) electrons. The number of benzene rings is 8. The predicted molar refractivity (Wildman–Crippen MR) is 378 cm³/mol. The van der Waals surface area contributed by atoms with Crippen molar-refractivity contribution in [3.8, 4) is 11.1 Å². The van der Waals surface area contributed by atoms with Crippen molar-refractivity contribution in [3.63, 3.8) is 0 Å². The van der Waals surface area contributed by atoms with Crippen molar-refractivity contribution in [2.45, 2.75) is 227 Å². The van der Waals surface area contributed by atoms with Crippen molar-refractivity contribution >= 4 is 74.3 Å². The van der Waals surface area contributed by atoms with Gasteiger partial charge in [-0.25, -0.2) is 0 Å². The Labute approximate surface area is 525 Å². The van der Waals surface area contributed by atoms with Crippen LogP contribution in [0.1, 0.15) is 233 Å². The van der Waals surface area contributed by atoms with Gasteiger partial charge in [0.1, 0.15) is 0 Å². The van der Waals surface area contributed by atoms with E-state index in [0.717, 1.165) is 29.9 Å². The maximum absolute atomic E-state index is 2.78. The van der Waals surface area contributed by atoms with Crippen LogP contribution in [0.2, 0.25) is 0 Å². The lowest BCUT2D eigenvalue weighted by Gasteiger charge is -2.47. The van der Waals surface area contributed by atoms with Gasteiger partial charge in [0, 0.05) is 50.9 Å². The second-order valence-electron chi connectivity index (χ2n) is 34.6. The lowest BCUT2D eigenvalue weighted by molar-refractivity contribution is 0.332. The van der Waals surface area contributed by atoms with Crippen molar-refractivity contribution in [1.82, 2.24) is 0 Å². The molecule has 0 saturated carbocycles. The van der Waals surface area contributed by atoms with Crippen LogP contribution in [0, 0.1) is 6.92 Å². The molecule has 8 aromatic rings. The van der Waals surface area contributed by atoms with Crippen molar-refractivity contribution in [2.75, 3.05) is 14.7 Å². The molecule has 0 unspecified atom stereocenters. The number of rotatable bonds is 5. The van der Waals surface area contributed by atoms with Crippen LogP contribution in [0.5, 0.6) is 0 Å². The summed E-state index contributed by atoms with van der Waals surface area (Å²) in [7, 11) is 0. The van der Waals surface area contributed by atoms with Crippen LogP contribution in [0.4, 0.5) is 51.2 Å². The largest absolute Gasteiger partial charge is 0.311 e. The van der Waals surface area contributed by atoms with Gasteiger partial charge < -0.3 is 14.7 Å². The Hall–Kier alpha value is -6.78. The zero-order valence-electron chi connectivity index (χ0n) is 57.3. The maximum Gasteiger partial charge on any atom is 0.252 e. The Kier molecular flexibility index (Phi) is 12.9. The zero-order valence-corrected chi connectivity index (χ0v) is 57.3. The Bertz CT molecular complexity index is 4090. The molecule has 3 nitrogen and oxygen atoms in total. The second kappa shape index (κ2) is 18.9. The highest BCUT2D eigenvalue weighted by molar-refractivity contribution is 7.00. The van der Waals surface area contributed by atoms with E-state index in [0.29, 0.717) is 0 Å². The Morgan fingerprint density at radius 1 is 0.368 bits per heavy atom. The van der Waals surface area contributed by atoms with Gasteiger partial charge in [0.2, 0.25) is 0 Å². The highest BCUT2D eigenvalue weighted by Crippen LogP contribution is 2.59. The van der Waals surface area contributed by atoms with Crippen molar-refractivity contribution < 1.29 is 0 Å². The van der Waals surface area contributed by atoms with Gasteiger partial charge in [-0.1, -0.05) is 225 Å². The van der Waals surface area contributed by atoms with E-state index in [1.165, 1.54) is 129 Å². The third-order valence-electron chi connectivity index (χ3n) is 21.8. The molecule has 2 heterocycles. The van der Waals surface area contributed by atoms with Crippen molar-refractivity contribution in [2.24, 2.45) is 0 Å². The quantitative estimate of drug-likeness (QED) is 0.159. The normalized spacial score (nSPS) is 18.1. The summed E-state index contributed by atoms with van der Waals surface area (Å²) in [6, 6.07) is 56.8. The standard InChI is InChI=1S/C83H98BN3/c1-50-41-61-63(80(16,17)40-39-79(61,14)15)47-68(50)87-70-48-64-62(81(18,19)49-82(64,20)21)46-66(70)84-65-38-36-57(85(55-32-27-51(28-33-55)75(2,3)4)56-34-29-52(30-35-56)76(5,6)7)45-69(65)86(71-43-54(78(11,12)13)44-72(87)74(71)84)67-26-24-25-59-58-37-31-53(77(8,9)10)42-60(58)83(22,23)73(59)67/h24-38,41-48H,39-40,49H2,1-23H3. The number of hydrogen-bond acceptors (Lipinski definition) is 3. The van der Waals surface area contributed by atoms with E-state index < -0.39 is 0 Å². The molecule has 0 fully saturated rings. The van der Waals surface area contributed by atoms with E-state index in [9.17, 15) is 0 Å². The topological polar surface area (TPSA) is 9.72 Å². The summed E-state index contributed by atoms with van der Waals surface area (Å²) in [6.07, 6.45) is 3.44. The first kappa shape index (κ1) is 59.2. The van der Waals surface area contributed by atoms with Crippen LogP contribution in [0.3, 0.4) is 0 Å². The summed E-state index contributed by atoms with van der Waals surface area (Å²) in [5.41, 5.74) is 33.0. The molecule has 0 atom stereocenters. The van der Waals surface area contributed by atoms with Gasteiger partial charge in [0.25, 0.3) is 6.71 Å². The van der Waals surface area contributed by atoms with E-state index in [-0.39, 0.29) is 55.4 Å². The molecule has 448 valence electrons. The lowest BCUT2D eigenvalue weighted by atomic mass is 9.33. The molecule has 13 rings (SSSR count). The molecule has 0 spiro atoms. The molecule has 8 aromatic carbocycles. The average Bonchev–Trinajstić information content (AvgIpc) is 1.60. The molecule has 5 aliphatic rings. The molecule has 2 aliphatic heterocycles. The van der Waals surface area contributed by atoms with Crippen molar-refractivity contribution in [3.05, 3.63) is 201 Å². The van der Waals surface area contributed by atoms with Crippen LogP contribution in [-0.2, 0) is 48.7 Å². The molecular weight excluding hydrogens is 1050 g/mol. The molecule has 0 saturated heterocycles. The first-order valence-electron chi connectivity index (χ1n) is 32.9. The molecule has 87 heavy (non-hydrogen) atoms. The van der Waals surface area contributed by atoms with Gasteiger partial charge in [0.05, 0.1) is 5.69 Å². The average molecular weight is 1150 g/mol. The highest BCUT2D eigenvalue weighted by Gasteiger charge is 2.51. The molecule has 0 bridgehead atoms. The summed E-state index contributed by atoms with van der Waals surface area (Å²) < 4.78 is 0. The van der Waals surface area contributed by atoms with E-state index in [2.05, 4.69) is 313 Å². The first-order valence-corrected chi connectivity index (χ1v) is 32.9. The lowest BCUT2D eigenvalue weighted by Crippen LogP contribution is -2.62. The highest BCUT2D eigenvalue weighted by atomic mass is 15.2. The fourth-order valence-corrected chi connectivity index (χ4v) is 16.7. The van der Waals surface area contributed by atoms with Crippen LogP contribution >= 0.6 is 0 Å². The van der Waals surface area contributed by atoms with Crippen LogP contribution in [0.25, 0.3) is 11.1 Å². The van der Waals surface area contributed by atoms with Gasteiger partial charge in [-0.3, -0.25) is 0 Å². The van der Waals surface area contributed by atoms with Crippen LogP contribution in [0.15, 0.2) is 140 Å². The first-order chi connectivity index (χ1) is 40.3. The monoisotopic (exact) mass is 1150 g/mol. The van der Waals surface area contributed by atoms with Crippen LogP contribution < -0.4 is 31.1 Å². The fourth-order valence-electron chi connectivity index (χ4n) is 16.7. The van der Waals surface area contributed by atoms with Gasteiger partial charge in [-0.2, -0.15) is 0 Å². The number of nitrogens with zero attached hydrogens (tertiary/aromatic N) is 3. The van der Waals surface area contributed by atoms with Gasteiger partial charge in [0.15, 0.2) is 0 Å². The van der Waals surface area contributed by atoms with E-state index in [1.54, 1.807) is 0 Å². The predicted octanol–water partition coefficient (Wildman–Crippen LogP) is 21.4. The fraction of sp³-hybridized carbons (Fsp3) is 0.422. The van der Waals surface area contributed by atoms with Gasteiger partial charge in [-0.05, 0) is 225 Å². The summed E-state index contributed by atoms with van der Waals surface area (Å²) in [6.45, 7) is 55.5. The second-order valence-corrected chi connectivity index (χ2v) is 34.6. The molecule has 0 aromatic heterocycles.